The standard InChI is InChI=1S/C24H20O6/c1-11-8-14-18(29-3)10-15(22(27)21(14)17(26)9-11)19-12(2)24(30-4)13-6-5-7-16(25)20(13)23(19)28/h5-10,25-26H,1-4H3/b19-15-. The van der Waals surface area contributed by atoms with E-state index in [4.69, 9.17) is 9.47 Å². The number of aryl methyl sites for hydroxylation is 1. The summed E-state index contributed by atoms with van der Waals surface area (Å²) in [6.07, 6.45) is 1.50. The van der Waals surface area contributed by atoms with Crippen LogP contribution >= 0.6 is 0 Å². The molecule has 152 valence electrons. The molecule has 0 spiro atoms. The molecule has 0 unspecified atom stereocenters. The van der Waals surface area contributed by atoms with Crippen LogP contribution in [0.3, 0.4) is 0 Å². The van der Waals surface area contributed by atoms with Crippen molar-refractivity contribution in [2.45, 2.75) is 13.8 Å². The van der Waals surface area contributed by atoms with Gasteiger partial charge < -0.3 is 19.7 Å². The Kier molecular flexibility index (Phi) is 4.50. The van der Waals surface area contributed by atoms with Crippen molar-refractivity contribution in [3.8, 4) is 11.5 Å². The van der Waals surface area contributed by atoms with Crippen LogP contribution in [0.5, 0.6) is 11.5 Å². The van der Waals surface area contributed by atoms with Crippen molar-refractivity contribution in [1.82, 2.24) is 0 Å². The van der Waals surface area contributed by atoms with Gasteiger partial charge in [-0.2, -0.15) is 0 Å². The van der Waals surface area contributed by atoms with Gasteiger partial charge in [-0.1, -0.05) is 12.1 Å². The number of allylic oxidation sites excluding steroid dienone is 4. The van der Waals surface area contributed by atoms with Crippen molar-refractivity contribution < 1.29 is 29.3 Å². The highest BCUT2D eigenvalue weighted by atomic mass is 16.5. The molecule has 30 heavy (non-hydrogen) atoms. The number of phenolic OH excluding ortho intramolecular Hbond substituents is 2. The molecule has 0 bridgehead atoms. The van der Waals surface area contributed by atoms with Crippen LogP contribution in [0.2, 0.25) is 0 Å². The Hall–Kier alpha value is -3.80. The summed E-state index contributed by atoms with van der Waals surface area (Å²) in [5, 5.41) is 20.8. The average Bonchev–Trinajstić information content (AvgIpc) is 2.69. The fraction of sp³-hybridized carbons (Fsp3) is 0.167. The van der Waals surface area contributed by atoms with Gasteiger partial charge in [-0.05, 0) is 43.7 Å². The highest BCUT2D eigenvalue weighted by Crippen LogP contribution is 2.43. The van der Waals surface area contributed by atoms with Crippen molar-refractivity contribution in [3.05, 3.63) is 80.9 Å². The van der Waals surface area contributed by atoms with Gasteiger partial charge in [0.1, 0.15) is 23.0 Å². The van der Waals surface area contributed by atoms with Gasteiger partial charge in [-0.15, -0.1) is 0 Å². The third-order valence-corrected chi connectivity index (χ3v) is 5.42. The lowest BCUT2D eigenvalue weighted by Gasteiger charge is -2.26. The Morgan fingerprint density at radius 3 is 2.20 bits per heavy atom. The first-order valence-electron chi connectivity index (χ1n) is 9.31. The lowest BCUT2D eigenvalue weighted by Crippen LogP contribution is -2.22. The Labute approximate surface area is 173 Å². The van der Waals surface area contributed by atoms with E-state index in [0.29, 0.717) is 28.2 Å². The largest absolute Gasteiger partial charge is 0.507 e. The summed E-state index contributed by atoms with van der Waals surface area (Å²) in [6.45, 7) is 3.48. The highest BCUT2D eigenvalue weighted by Gasteiger charge is 2.37. The fourth-order valence-corrected chi connectivity index (χ4v) is 4.13. The highest BCUT2D eigenvalue weighted by molar-refractivity contribution is 6.27. The van der Waals surface area contributed by atoms with E-state index in [9.17, 15) is 19.8 Å². The van der Waals surface area contributed by atoms with Crippen LogP contribution in [-0.4, -0.2) is 36.0 Å². The number of methoxy groups -OCH3 is 2. The molecule has 2 aliphatic rings. The molecule has 2 N–H and O–H groups in total. The van der Waals surface area contributed by atoms with Crippen molar-refractivity contribution in [3.63, 3.8) is 0 Å². The molecule has 0 saturated heterocycles. The lowest BCUT2D eigenvalue weighted by atomic mass is 9.79. The first kappa shape index (κ1) is 19.5. The SMILES string of the molecule is COC1=C/C(=C2/C(=O)c3c(O)cccc3C(OC)=C2C)C(=O)c2c(O)cc(C)cc21. The van der Waals surface area contributed by atoms with E-state index < -0.39 is 11.6 Å². The van der Waals surface area contributed by atoms with Crippen LogP contribution < -0.4 is 0 Å². The molecule has 4 rings (SSSR count). The molecule has 2 aromatic rings. The van der Waals surface area contributed by atoms with Crippen molar-refractivity contribution in [2.24, 2.45) is 0 Å². The van der Waals surface area contributed by atoms with Crippen LogP contribution in [0.1, 0.15) is 44.3 Å². The first-order chi connectivity index (χ1) is 14.3. The van der Waals surface area contributed by atoms with Crippen LogP contribution in [0, 0.1) is 6.92 Å². The van der Waals surface area contributed by atoms with E-state index in [1.807, 2.05) is 0 Å². The minimum absolute atomic E-state index is 0.0709. The third kappa shape index (κ3) is 2.64. The van der Waals surface area contributed by atoms with Crippen molar-refractivity contribution in [2.75, 3.05) is 14.2 Å². The number of rotatable bonds is 2. The van der Waals surface area contributed by atoms with E-state index in [-0.39, 0.29) is 33.8 Å². The van der Waals surface area contributed by atoms with E-state index in [1.165, 1.54) is 32.4 Å². The molecule has 0 radical (unpaired) electrons. The smallest absolute Gasteiger partial charge is 0.198 e. The number of ether oxygens (including phenoxy) is 2. The Morgan fingerprint density at radius 1 is 0.833 bits per heavy atom. The number of carbonyl (C=O) groups is 2. The second-order valence-electron chi connectivity index (χ2n) is 7.22. The predicted molar refractivity (Wildman–Crippen MR) is 111 cm³/mol. The molecule has 0 amide bonds. The number of ketones is 2. The third-order valence-electron chi connectivity index (χ3n) is 5.42. The summed E-state index contributed by atoms with van der Waals surface area (Å²) in [6, 6.07) is 7.95. The summed E-state index contributed by atoms with van der Waals surface area (Å²) in [5.74, 6) is -0.630. The number of fused-ring (bicyclic) bond motifs is 2. The summed E-state index contributed by atoms with van der Waals surface area (Å²) >= 11 is 0. The van der Waals surface area contributed by atoms with Gasteiger partial charge in [0, 0.05) is 27.8 Å². The summed E-state index contributed by atoms with van der Waals surface area (Å²) < 4.78 is 11.0. The topological polar surface area (TPSA) is 93.1 Å². The van der Waals surface area contributed by atoms with Gasteiger partial charge in [0.05, 0.1) is 25.3 Å². The van der Waals surface area contributed by atoms with Crippen molar-refractivity contribution in [1.29, 1.82) is 0 Å². The second-order valence-corrected chi connectivity index (χ2v) is 7.22. The fourth-order valence-electron chi connectivity index (χ4n) is 4.13. The van der Waals surface area contributed by atoms with E-state index >= 15 is 0 Å². The summed E-state index contributed by atoms with van der Waals surface area (Å²) in [4.78, 5) is 26.8. The minimum atomic E-state index is -0.500. The van der Waals surface area contributed by atoms with Gasteiger partial charge in [0.25, 0.3) is 0 Å². The van der Waals surface area contributed by atoms with Crippen LogP contribution in [-0.2, 0) is 9.47 Å². The number of hydrogen-bond acceptors (Lipinski definition) is 6. The Morgan fingerprint density at radius 2 is 1.53 bits per heavy atom. The second kappa shape index (κ2) is 6.91. The maximum Gasteiger partial charge on any atom is 0.198 e. The van der Waals surface area contributed by atoms with Crippen LogP contribution in [0.15, 0.2) is 53.1 Å². The molecule has 6 nitrogen and oxygen atoms in total. The van der Waals surface area contributed by atoms with Gasteiger partial charge in [0.15, 0.2) is 11.6 Å². The molecule has 0 fully saturated rings. The molecule has 0 aliphatic heterocycles. The summed E-state index contributed by atoms with van der Waals surface area (Å²) in [5.41, 5.74) is 2.48. The molecular weight excluding hydrogens is 384 g/mol. The lowest BCUT2D eigenvalue weighted by molar-refractivity contribution is 0.0997. The zero-order chi connectivity index (χ0) is 21.7. The minimum Gasteiger partial charge on any atom is -0.507 e. The van der Waals surface area contributed by atoms with Crippen LogP contribution in [0.4, 0.5) is 0 Å². The number of hydrogen-bond donors (Lipinski definition) is 2. The van der Waals surface area contributed by atoms with Gasteiger partial charge in [-0.25, -0.2) is 0 Å². The number of carbonyl (C=O) groups excluding carboxylic acids is 2. The molecule has 0 saturated carbocycles. The molecule has 6 heteroatoms. The first-order valence-corrected chi connectivity index (χ1v) is 9.31. The van der Waals surface area contributed by atoms with Crippen molar-refractivity contribution >= 4 is 23.1 Å². The van der Waals surface area contributed by atoms with Gasteiger partial charge >= 0.3 is 0 Å². The van der Waals surface area contributed by atoms with E-state index in [2.05, 4.69) is 0 Å². The number of aromatic hydroxyl groups is 2. The zero-order valence-corrected chi connectivity index (χ0v) is 17.0. The van der Waals surface area contributed by atoms with E-state index in [1.54, 1.807) is 32.0 Å². The Balaban J connectivity index is 2.08. The molecule has 0 heterocycles. The molecule has 0 atom stereocenters. The van der Waals surface area contributed by atoms with E-state index in [0.717, 1.165) is 5.56 Å². The summed E-state index contributed by atoms with van der Waals surface area (Å²) in [7, 11) is 2.92. The maximum absolute atomic E-state index is 13.4. The number of Topliss-reactive ketones (excluding diaryl/α,β-unsaturated/α-hetero) is 2. The number of phenols is 2. The maximum atomic E-state index is 13.4. The zero-order valence-electron chi connectivity index (χ0n) is 17.0. The molecule has 0 aromatic heterocycles. The van der Waals surface area contributed by atoms with Crippen LogP contribution in [0.25, 0.3) is 11.5 Å². The molecule has 2 aliphatic carbocycles. The Bertz CT molecular complexity index is 1230. The predicted octanol–water partition coefficient (Wildman–Crippen LogP) is 4.16. The molecular formula is C24H20O6. The number of benzene rings is 2. The molecule has 2 aromatic carbocycles. The monoisotopic (exact) mass is 404 g/mol. The normalized spacial score (nSPS) is 18.1. The average molecular weight is 404 g/mol. The quantitative estimate of drug-likeness (QED) is 0.730. The van der Waals surface area contributed by atoms with Gasteiger partial charge in [0.2, 0.25) is 0 Å². The van der Waals surface area contributed by atoms with Gasteiger partial charge in [-0.3, -0.25) is 9.59 Å².